The summed E-state index contributed by atoms with van der Waals surface area (Å²) in [5.41, 5.74) is 3.55. The molecule has 6 nitrogen and oxygen atoms in total. The lowest BCUT2D eigenvalue weighted by atomic mass is 9.95. The van der Waals surface area contributed by atoms with Crippen molar-refractivity contribution in [1.29, 1.82) is 0 Å². The average Bonchev–Trinajstić information content (AvgIpc) is 2.76. The maximum absolute atomic E-state index is 13.4. The fourth-order valence-corrected chi connectivity index (χ4v) is 5.40. The summed E-state index contributed by atoms with van der Waals surface area (Å²) >= 11 is 0. The highest BCUT2D eigenvalue weighted by atomic mass is 32.2. The Bertz CT molecular complexity index is 1250. The van der Waals surface area contributed by atoms with Gasteiger partial charge in [0.2, 0.25) is 5.91 Å². The number of fused-ring (bicyclic) bond motifs is 3. The second kappa shape index (κ2) is 8.07. The van der Waals surface area contributed by atoms with E-state index in [0.29, 0.717) is 28.6 Å². The minimum atomic E-state index is -3.89. The normalized spacial score (nSPS) is 14.0. The number of amides is 1. The molecule has 0 unspecified atom stereocenters. The Balaban J connectivity index is 1.75. The molecule has 0 aromatic heterocycles. The number of ether oxygens (including phenoxy) is 1. The molecule has 0 fully saturated rings. The molecule has 160 valence electrons. The number of rotatable bonds is 5. The number of carbonyl (C=O) groups is 1. The highest BCUT2D eigenvalue weighted by Gasteiger charge is 2.36. The summed E-state index contributed by atoms with van der Waals surface area (Å²) in [5.74, 6) is 0.342. The molecule has 4 rings (SSSR count). The molecule has 0 spiro atoms. The fourth-order valence-electron chi connectivity index (χ4n) is 3.75. The molecule has 0 atom stereocenters. The van der Waals surface area contributed by atoms with Gasteiger partial charge in [0.05, 0.1) is 23.4 Å². The number of anilines is 2. The number of nitrogens with one attached hydrogen (secondary N) is 1. The van der Waals surface area contributed by atoms with Crippen LogP contribution in [-0.2, 0) is 14.8 Å². The van der Waals surface area contributed by atoms with Crippen LogP contribution in [0.25, 0.3) is 11.1 Å². The highest BCUT2D eigenvalue weighted by Crippen LogP contribution is 2.44. The van der Waals surface area contributed by atoms with Crippen molar-refractivity contribution in [2.75, 3.05) is 23.3 Å². The minimum Gasteiger partial charge on any atom is -0.495 e. The van der Waals surface area contributed by atoms with E-state index in [9.17, 15) is 13.2 Å². The molecule has 3 aromatic carbocycles. The Morgan fingerprint density at radius 2 is 1.71 bits per heavy atom. The predicted octanol–water partition coefficient (Wildman–Crippen LogP) is 4.63. The average molecular weight is 437 g/mol. The van der Waals surface area contributed by atoms with Crippen molar-refractivity contribution in [3.05, 3.63) is 72.3 Å². The molecular weight excluding hydrogens is 412 g/mol. The van der Waals surface area contributed by atoms with Gasteiger partial charge in [0.15, 0.2) is 0 Å². The van der Waals surface area contributed by atoms with E-state index in [4.69, 9.17) is 4.74 Å². The van der Waals surface area contributed by atoms with Crippen LogP contribution in [0.3, 0.4) is 0 Å². The van der Waals surface area contributed by atoms with E-state index in [0.717, 1.165) is 11.1 Å². The molecule has 1 aliphatic heterocycles. The third kappa shape index (κ3) is 3.77. The zero-order chi connectivity index (χ0) is 22.2. The number of benzene rings is 3. The van der Waals surface area contributed by atoms with E-state index in [-0.39, 0.29) is 11.4 Å². The summed E-state index contributed by atoms with van der Waals surface area (Å²) in [6.45, 7) is 3.83. The van der Waals surface area contributed by atoms with Crippen LogP contribution >= 0.6 is 0 Å². The van der Waals surface area contributed by atoms with Crippen molar-refractivity contribution in [1.82, 2.24) is 0 Å². The van der Waals surface area contributed by atoms with Gasteiger partial charge in [-0.1, -0.05) is 50.2 Å². The molecule has 1 N–H and O–H groups in total. The Labute approximate surface area is 182 Å². The van der Waals surface area contributed by atoms with E-state index in [1.54, 1.807) is 42.5 Å². The first kappa shape index (κ1) is 20.9. The van der Waals surface area contributed by atoms with Crippen LogP contribution in [0.4, 0.5) is 11.4 Å². The number of para-hydroxylation sites is 2. The van der Waals surface area contributed by atoms with Gasteiger partial charge in [0, 0.05) is 11.1 Å². The minimum absolute atomic E-state index is 0.202. The van der Waals surface area contributed by atoms with Gasteiger partial charge in [-0.15, -0.1) is 0 Å². The topological polar surface area (TPSA) is 75.7 Å². The van der Waals surface area contributed by atoms with Crippen LogP contribution in [0.15, 0.2) is 71.6 Å². The van der Waals surface area contributed by atoms with Crippen LogP contribution in [0.2, 0.25) is 0 Å². The SMILES string of the molecule is COc1ccccc1NC(=O)CN1c2ccc(C(C)C)cc2-c2ccccc2S1(=O)=O. The van der Waals surface area contributed by atoms with Crippen molar-refractivity contribution in [3.63, 3.8) is 0 Å². The largest absolute Gasteiger partial charge is 0.495 e. The van der Waals surface area contributed by atoms with Crippen molar-refractivity contribution in [2.45, 2.75) is 24.7 Å². The molecular formula is C24H24N2O4S. The number of hydrogen-bond acceptors (Lipinski definition) is 4. The molecule has 31 heavy (non-hydrogen) atoms. The monoisotopic (exact) mass is 436 g/mol. The van der Waals surface area contributed by atoms with E-state index in [1.807, 2.05) is 24.3 Å². The number of hydrogen-bond donors (Lipinski definition) is 1. The van der Waals surface area contributed by atoms with Gasteiger partial charge < -0.3 is 10.1 Å². The lowest BCUT2D eigenvalue weighted by Gasteiger charge is -2.32. The fraction of sp³-hybridized carbons (Fsp3) is 0.208. The zero-order valence-corrected chi connectivity index (χ0v) is 18.4. The predicted molar refractivity (Wildman–Crippen MR) is 122 cm³/mol. The quantitative estimate of drug-likeness (QED) is 0.633. The van der Waals surface area contributed by atoms with Crippen LogP contribution < -0.4 is 14.4 Å². The standard InChI is InChI=1S/C24H24N2O4S/c1-16(2)17-12-13-21-19(14-17)18-8-4-7-11-23(18)31(28,29)26(21)15-24(27)25-20-9-5-6-10-22(20)30-3/h4-14,16H,15H2,1-3H3,(H,25,27). The van der Waals surface area contributed by atoms with Crippen LogP contribution in [0.5, 0.6) is 5.75 Å². The Morgan fingerprint density at radius 3 is 2.45 bits per heavy atom. The van der Waals surface area contributed by atoms with Crippen LogP contribution in [0, 0.1) is 0 Å². The van der Waals surface area contributed by atoms with Gasteiger partial charge in [-0.05, 0) is 41.8 Å². The second-order valence-corrected chi connectivity index (χ2v) is 9.52. The van der Waals surface area contributed by atoms with Gasteiger partial charge in [-0.2, -0.15) is 0 Å². The first-order valence-electron chi connectivity index (χ1n) is 10.0. The molecule has 1 heterocycles. The molecule has 3 aromatic rings. The molecule has 0 bridgehead atoms. The van der Waals surface area contributed by atoms with Gasteiger partial charge in [-0.3, -0.25) is 9.10 Å². The number of sulfonamides is 1. The number of methoxy groups -OCH3 is 1. The Morgan fingerprint density at radius 1 is 1.00 bits per heavy atom. The Kier molecular flexibility index (Phi) is 5.45. The second-order valence-electron chi connectivity index (χ2n) is 7.69. The van der Waals surface area contributed by atoms with Crippen molar-refractivity contribution < 1.29 is 17.9 Å². The maximum Gasteiger partial charge on any atom is 0.265 e. The summed E-state index contributed by atoms with van der Waals surface area (Å²) in [6.07, 6.45) is 0. The zero-order valence-electron chi connectivity index (χ0n) is 17.6. The summed E-state index contributed by atoms with van der Waals surface area (Å²) in [4.78, 5) is 13.1. The molecule has 0 saturated heterocycles. The summed E-state index contributed by atoms with van der Waals surface area (Å²) in [7, 11) is -2.38. The van der Waals surface area contributed by atoms with E-state index >= 15 is 0 Å². The van der Waals surface area contributed by atoms with Crippen LogP contribution in [-0.4, -0.2) is 28.0 Å². The van der Waals surface area contributed by atoms with E-state index in [1.165, 1.54) is 11.4 Å². The van der Waals surface area contributed by atoms with Gasteiger partial charge in [0.25, 0.3) is 10.0 Å². The lowest BCUT2D eigenvalue weighted by molar-refractivity contribution is -0.114. The van der Waals surface area contributed by atoms with Crippen molar-refractivity contribution in [3.8, 4) is 16.9 Å². The molecule has 7 heteroatoms. The van der Waals surface area contributed by atoms with Crippen LogP contribution in [0.1, 0.15) is 25.3 Å². The third-order valence-corrected chi connectivity index (χ3v) is 7.19. The third-order valence-electron chi connectivity index (χ3n) is 5.37. The van der Waals surface area contributed by atoms with Gasteiger partial charge in [-0.25, -0.2) is 8.42 Å². The molecule has 1 amide bonds. The molecule has 1 aliphatic rings. The summed E-state index contributed by atoms with van der Waals surface area (Å²) in [6, 6.07) is 19.6. The number of nitrogens with zero attached hydrogens (tertiary/aromatic N) is 1. The highest BCUT2D eigenvalue weighted by molar-refractivity contribution is 7.93. The molecule has 0 saturated carbocycles. The lowest BCUT2D eigenvalue weighted by Crippen LogP contribution is -2.40. The van der Waals surface area contributed by atoms with Crippen molar-refractivity contribution in [2.24, 2.45) is 0 Å². The molecule has 0 aliphatic carbocycles. The van der Waals surface area contributed by atoms with Gasteiger partial charge in [0.1, 0.15) is 12.3 Å². The van der Waals surface area contributed by atoms with E-state index < -0.39 is 15.9 Å². The smallest absolute Gasteiger partial charge is 0.265 e. The van der Waals surface area contributed by atoms with E-state index in [2.05, 4.69) is 19.2 Å². The first-order chi connectivity index (χ1) is 14.8. The van der Waals surface area contributed by atoms with Gasteiger partial charge >= 0.3 is 0 Å². The van der Waals surface area contributed by atoms with Crippen molar-refractivity contribution >= 4 is 27.3 Å². The Hall–Kier alpha value is -3.32. The summed E-state index contributed by atoms with van der Waals surface area (Å²) in [5, 5.41) is 2.76. The summed E-state index contributed by atoms with van der Waals surface area (Å²) < 4.78 is 33.3. The maximum atomic E-state index is 13.4. The number of carbonyl (C=O) groups excluding carboxylic acids is 1. The first-order valence-corrected chi connectivity index (χ1v) is 11.5. The molecule has 0 radical (unpaired) electrons.